The number of nitrogens with zero attached hydrogens (tertiary/aromatic N) is 3. The molecule has 1 aromatic heterocycles. The normalized spacial score (nSPS) is 22.0. The number of benzene rings is 1. The van der Waals surface area contributed by atoms with Crippen molar-refractivity contribution in [3.63, 3.8) is 0 Å². The highest BCUT2D eigenvalue weighted by Gasteiger charge is 2.29. The number of aromatic nitrogens is 2. The Morgan fingerprint density at radius 1 is 1.23 bits per heavy atom. The Bertz CT molecular complexity index is 743. The highest BCUT2D eigenvalue weighted by Crippen LogP contribution is 2.22. The standard InChI is InChI=1S/C17H21N3O2/c1-12-6-5-7-13(2)20(12)16(21)10-19-11-18-15-9-4-3-8-14(15)17(19)22/h3-4,8-9,11-13H,5-7,10H2,1-2H3/t12-,13-/m0/s1. The van der Waals surface area contributed by atoms with E-state index in [0.29, 0.717) is 10.9 Å². The Morgan fingerprint density at radius 2 is 1.91 bits per heavy atom. The lowest BCUT2D eigenvalue weighted by atomic mass is 9.97. The van der Waals surface area contributed by atoms with Crippen LogP contribution in [0.3, 0.4) is 0 Å². The van der Waals surface area contributed by atoms with Crippen LogP contribution in [0.5, 0.6) is 0 Å². The van der Waals surface area contributed by atoms with Gasteiger partial charge in [-0.2, -0.15) is 0 Å². The van der Waals surface area contributed by atoms with Gasteiger partial charge < -0.3 is 4.90 Å². The minimum atomic E-state index is -0.156. The maximum atomic E-state index is 12.6. The summed E-state index contributed by atoms with van der Waals surface area (Å²) in [6, 6.07) is 7.68. The number of carbonyl (C=O) groups is 1. The molecular weight excluding hydrogens is 278 g/mol. The molecular formula is C17H21N3O2. The van der Waals surface area contributed by atoms with Gasteiger partial charge in [-0.25, -0.2) is 4.98 Å². The number of hydrogen-bond acceptors (Lipinski definition) is 3. The van der Waals surface area contributed by atoms with E-state index in [0.717, 1.165) is 19.3 Å². The highest BCUT2D eigenvalue weighted by atomic mass is 16.2. The van der Waals surface area contributed by atoms with Gasteiger partial charge in [0, 0.05) is 12.1 Å². The smallest absolute Gasteiger partial charge is 0.261 e. The van der Waals surface area contributed by atoms with Crippen molar-refractivity contribution in [3.05, 3.63) is 40.9 Å². The molecule has 0 unspecified atom stereocenters. The molecule has 0 spiro atoms. The van der Waals surface area contributed by atoms with E-state index in [9.17, 15) is 9.59 Å². The van der Waals surface area contributed by atoms with Gasteiger partial charge >= 0.3 is 0 Å². The van der Waals surface area contributed by atoms with Crippen LogP contribution < -0.4 is 5.56 Å². The van der Waals surface area contributed by atoms with Gasteiger partial charge in [0.25, 0.3) is 5.56 Å². The summed E-state index contributed by atoms with van der Waals surface area (Å²) in [6.07, 6.45) is 4.69. The molecule has 3 rings (SSSR count). The predicted molar refractivity (Wildman–Crippen MR) is 85.6 cm³/mol. The van der Waals surface area contributed by atoms with Crippen LogP contribution in [0, 0.1) is 0 Å². The van der Waals surface area contributed by atoms with Crippen molar-refractivity contribution in [1.29, 1.82) is 0 Å². The van der Waals surface area contributed by atoms with Crippen LogP contribution in [-0.4, -0.2) is 32.4 Å². The lowest BCUT2D eigenvalue weighted by Gasteiger charge is -2.39. The van der Waals surface area contributed by atoms with Gasteiger partial charge in [0.2, 0.25) is 5.91 Å². The van der Waals surface area contributed by atoms with Crippen LogP contribution in [0.25, 0.3) is 10.9 Å². The SMILES string of the molecule is C[C@H]1CCC[C@H](C)N1C(=O)Cn1cnc2ccccc2c1=O. The quantitative estimate of drug-likeness (QED) is 0.854. The van der Waals surface area contributed by atoms with Gasteiger partial charge in [-0.15, -0.1) is 0 Å². The van der Waals surface area contributed by atoms with Crippen LogP contribution in [-0.2, 0) is 11.3 Å². The third-order valence-corrected chi connectivity index (χ3v) is 4.52. The van der Waals surface area contributed by atoms with Crippen molar-refractivity contribution >= 4 is 16.8 Å². The second-order valence-corrected chi connectivity index (χ2v) is 6.12. The zero-order chi connectivity index (χ0) is 15.7. The molecule has 22 heavy (non-hydrogen) atoms. The first-order chi connectivity index (χ1) is 10.6. The summed E-state index contributed by atoms with van der Waals surface area (Å²) < 4.78 is 1.42. The first-order valence-corrected chi connectivity index (χ1v) is 7.83. The fourth-order valence-electron chi connectivity index (χ4n) is 3.36. The monoisotopic (exact) mass is 299 g/mol. The molecule has 1 aliphatic rings. The van der Waals surface area contributed by atoms with E-state index in [-0.39, 0.29) is 30.1 Å². The number of rotatable bonds is 2. The lowest BCUT2D eigenvalue weighted by Crippen LogP contribution is -2.49. The van der Waals surface area contributed by atoms with Gasteiger partial charge in [-0.3, -0.25) is 14.2 Å². The number of piperidine rings is 1. The van der Waals surface area contributed by atoms with E-state index in [1.807, 2.05) is 17.0 Å². The summed E-state index contributed by atoms with van der Waals surface area (Å²) in [5.74, 6) is -0.00104. The van der Waals surface area contributed by atoms with Gasteiger partial charge in [-0.05, 0) is 45.2 Å². The fraction of sp³-hybridized carbons (Fsp3) is 0.471. The van der Waals surface area contributed by atoms with Gasteiger partial charge in [0.1, 0.15) is 6.54 Å². The Balaban J connectivity index is 1.88. The van der Waals surface area contributed by atoms with Crippen molar-refractivity contribution in [2.24, 2.45) is 0 Å². The van der Waals surface area contributed by atoms with E-state index >= 15 is 0 Å². The fourth-order valence-corrected chi connectivity index (χ4v) is 3.36. The molecule has 0 saturated carbocycles. The molecule has 1 fully saturated rings. The number of amides is 1. The van der Waals surface area contributed by atoms with Crippen LogP contribution in [0.4, 0.5) is 0 Å². The molecule has 2 aromatic rings. The number of para-hydroxylation sites is 1. The molecule has 0 radical (unpaired) electrons. The molecule has 2 atom stereocenters. The summed E-state index contributed by atoms with van der Waals surface area (Å²) in [5, 5.41) is 0.553. The molecule has 1 amide bonds. The predicted octanol–water partition coefficient (Wildman–Crippen LogP) is 2.19. The summed E-state index contributed by atoms with van der Waals surface area (Å²) in [7, 11) is 0. The van der Waals surface area contributed by atoms with E-state index in [1.54, 1.807) is 12.1 Å². The minimum absolute atomic E-state index is 0.00104. The highest BCUT2D eigenvalue weighted by molar-refractivity contribution is 5.79. The second-order valence-electron chi connectivity index (χ2n) is 6.12. The number of hydrogen-bond donors (Lipinski definition) is 0. The summed E-state index contributed by atoms with van der Waals surface area (Å²) in [5.41, 5.74) is 0.507. The number of fused-ring (bicyclic) bond motifs is 1. The molecule has 0 aliphatic carbocycles. The van der Waals surface area contributed by atoms with E-state index in [4.69, 9.17) is 0 Å². The number of carbonyl (C=O) groups excluding carboxylic acids is 1. The summed E-state index contributed by atoms with van der Waals surface area (Å²) >= 11 is 0. The maximum Gasteiger partial charge on any atom is 0.261 e. The minimum Gasteiger partial charge on any atom is -0.336 e. The lowest BCUT2D eigenvalue weighted by molar-refractivity contribution is -0.138. The van der Waals surface area contributed by atoms with Crippen molar-refractivity contribution in [2.45, 2.75) is 51.7 Å². The third kappa shape index (κ3) is 2.63. The first kappa shape index (κ1) is 14.8. The average Bonchev–Trinajstić information content (AvgIpc) is 2.50. The molecule has 1 aromatic carbocycles. The Kier molecular flexibility index (Phi) is 3.96. The largest absolute Gasteiger partial charge is 0.336 e. The topological polar surface area (TPSA) is 55.2 Å². The maximum absolute atomic E-state index is 12.6. The third-order valence-electron chi connectivity index (χ3n) is 4.52. The summed E-state index contributed by atoms with van der Waals surface area (Å²) in [6.45, 7) is 4.22. The Labute approximate surface area is 129 Å². The average molecular weight is 299 g/mol. The van der Waals surface area contributed by atoms with Gasteiger partial charge in [0.15, 0.2) is 0 Å². The molecule has 5 nitrogen and oxygen atoms in total. The van der Waals surface area contributed by atoms with Crippen LogP contribution in [0.2, 0.25) is 0 Å². The summed E-state index contributed by atoms with van der Waals surface area (Å²) in [4.78, 5) is 31.3. The van der Waals surface area contributed by atoms with Crippen molar-refractivity contribution < 1.29 is 4.79 Å². The van der Waals surface area contributed by atoms with Gasteiger partial charge in [-0.1, -0.05) is 12.1 Å². The molecule has 1 saturated heterocycles. The van der Waals surface area contributed by atoms with Crippen molar-refractivity contribution in [3.8, 4) is 0 Å². The van der Waals surface area contributed by atoms with Crippen LogP contribution >= 0.6 is 0 Å². The second kappa shape index (κ2) is 5.91. The Hall–Kier alpha value is -2.17. The Morgan fingerprint density at radius 3 is 2.64 bits per heavy atom. The van der Waals surface area contributed by atoms with Crippen LogP contribution in [0.15, 0.2) is 35.4 Å². The van der Waals surface area contributed by atoms with Crippen molar-refractivity contribution in [1.82, 2.24) is 14.5 Å². The van der Waals surface area contributed by atoms with E-state index in [2.05, 4.69) is 18.8 Å². The molecule has 5 heteroatoms. The molecule has 116 valence electrons. The molecule has 0 N–H and O–H groups in total. The first-order valence-electron chi connectivity index (χ1n) is 7.83. The van der Waals surface area contributed by atoms with E-state index < -0.39 is 0 Å². The van der Waals surface area contributed by atoms with Gasteiger partial charge in [0.05, 0.1) is 17.2 Å². The van der Waals surface area contributed by atoms with Crippen molar-refractivity contribution in [2.75, 3.05) is 0 Å². The van der Waals surface area contributed by atoms with E-state index in [1.165, 1.54) is 10.9 Å². The molecule has 1 aliphatic heterocycles. The van der Waals surface area contributed by atoms with Crippen LogP contribution in [0.1, 0.15) is 33.1 Å². The molecule has 0 bridgehead atoms. The number of likely N-dealkylation sites (tertiary alicyclic amines) is 1. The zero-order valence-corrected chi connectivity index (χ0v) is 13.0. The molecule has 2 heterocycles. The zero-order valence-electron chi connectivity index (χ0n) is 13.0.